The van der Waals surface area contributed by atoms with E-state index < -0.39 is 11.8 Å². The summed E-state index contributed by atoms with van der Waals surface area (Å²) in [5.41, 5.74) is 1.06. The van der Waals surface area contributed by atoms with E-state index in [4.69, 9.17) is 4.74 Å². The van der Waals surface area contributed by atoms with Crippen LogP contribution in [-0.2, 0) is 22.7 Å². The van der Waals surface area contributed by atoms with E-state index in [-0.39, 0.29) is 25.2 Å². The van der Waals surface area contributed by atoms with Crippen molar-refractivity contribution in [3.05, 3.63) is 53.6 Å². The molecule has 0 saturated carbocycles. The van der Waals surface area contributed by atoms with Gasteiger partial charge < -0.3 is 4.74 Å². The van der Waals surface area contributed by atoms with Crippen molar-refractivity contribution in [2.75, 3.05) is 0 Å². The first-order valence-corrected chi connectivity index (χ1v) is 7.91. The zero-order valence-corrected chi connectivity index (χ0v) is 13.9. The molecule has 0 N–H and O–H groups in total. The highest BCUT2D eigenvalue weighted by atomic mass is 19.1. The molecule has 0 aliphatic carbocycles. The first kappa shape index (κ1) is 17.8. The lowest BCUT2D eigenvalue weighted by atomic mass is 10.1. The number of halogens is 1. The van der Waals surface area contributed by atoms with Crippen LogP contribution < -0.4 is 0 Å². The number of Topliss-reactive ketones (excluding diaryl/α,β-unsaturated/α-hetero) is 1. The van der Waals surface area contributed by atoms with Crippen molar-refractivity contribution in [1.29, 1.82) is 0 Å². The molecule has 1 aromatic heterocycles. The fraction of sp³-hybridized carbons (Fsp3) is 0.389. The molecule has 2 aromatic rings. The molecule has 0 aliphatic rings. The molecule has 1 aromatic carbocycles. The van der Waals surface area contributed by atoms with E-state index in [0.717, 1.165) is 6.54 Å². The van der Waals surface area contributed by atoms with Gasteiger partial charge in [0.15, 0.2) is 5.78 Å². The zero-order valence-electron chi connectivity index (χ0n) is 13.9. The molecule has 0 aliphatic heterocycles. The fourth-order valence-electron chi connectivity index (χ4n) is 2.18. The number of hydrogen-bond donors (Lipinski definition) is 0. The normalized spacial score (nSPS) is 10.8. The molecule has 0 unspecified atom stereocenters. The third kappa shape index (κ3) is 5.61. The molecule has 0 fully saturated rings. The van der Waals surface area contributed by atoms with Gasteiger partial charge in [0.1, 0.15) is 12.4 Å². The summed E-state index contributed by atoms with van der Waals surface area (Å²) in [5, 5.41) is 4.31. The summed E-state index contributed by atoms with van der Waals surface area (Å²) in [5.74, 6) is -0.585. The lowest BCUT2D eigenvalue weighted by Gasteiger charge is -2.05. The first-order chi connectivity index (χ1) is 11.4. The number of ketones is 1. The highest BCUT2D eigenvalue weighted by Crippen LogP contribution is 2.09. The second-order valence-electron chi connectivity index (χ2n) is 6.01. The number of ether oxygens (including phenoxy) is 1. The topological polar surface area (TPSA) is 61.2 Å². The molecule has 5 nitrogen and oxygen atoms in total. The van der Waals surface area contributed by atoms with Crippen LogP contribution in [0.5, 0.6) is 0 Å². The van der Waals surface area contributed by atoms with E-state index in [2.05, 4.69) is 18.9 Å². The number of carbonyl (C=O) groups excluding carboxylic acids is 2. The number of rotatable bonds is 8. The largest absolute Gasteiger partial charge is 0.459 e. The smallest absolute Gasteiger partial charge is 0.306 e. The molecular formula is C18H21FN2O3. The molecule has 2 rings (SSSR count). The van der Waals surface area contributed by atoms with Crippen molar-refractivity contribution >= 4 is 11.8 Å². The molecule has 1 heterocycles. The Morgan fingerprint density at radius 3 is 2.54 bits per heavy atom. The van der Waals surface area contributed by atoms with Crippen molar-refractivity contribution in [3.63, 3.8) is 0 Å². The number of esters is 1. The highest BCUT2D eigenvalue weighted by Gasteiger charge is 2.11. The van der Waals surface area contributed by atoms with Crippen molar-refractivity contribution in [2.24, 2.45) is 5.92 Å². The first-order valence-electron chi connectivity index (χ1n) is 7.91. The standard InChI is InChI=1S/C18H21FN2O3/c1-13(2)11-21-10-9-16(20-21)12-24-18(23)8-7-17(22)14-3-5-15(19)6-4-14/h3-6,9-10,13H,7-8,11-12H2,1-2H3. The highest BCUT2D eigenvalue weighted by molar-refractivity contribution is 5.97. The minimum absolute atomic E-state index is 0.0110. The van der Waals surface area contributed by atoms with Crippen LogP contribution in [0.25, 0.3) is 0 Å². The molecule has 0 spiro atoms. The number of carbonyl (C=O) groups is 2. The molecular weight excluding hydrogens is 311 g/mol. The summed E-state index contributed by atoms with van der Waals surface area (Å²) in [6.07, 6.45) is 1.87. The van der Waals surface area contributed by atoms with Gasteiger partial charge >= 0.3 is 5.97 Å². The Morgan fingerprint density at radius 1 is 1.17 bits per heavy atom. The lowest BCUT2D eigenvalue weighted by Crippen LogP contribution is -2.09. The molecule has 0 amide bonds. The Balaban J connectivity index is 1.74. The molecule has 0 bridgehead atoms. The monoisotopic (exact) mass is 332 g/mol. The maximum Gasteiger partial charge on any atom is 0.306 e. The average Bonchev–Trinajstić information content (AvgIpc) is 2.98. The minimum atomic E-state index is -0.455. The summed E-state index contributed by atoms with van der Waals surface area (Å²) in [6.45, 7) is 5.09. The molecule has 0 atom stereocenters. The van der Waals surface area contributed by atoms with E-state index >= 15 is 0 Å². The van der Waals surface area contributed by atoms with Gasteiger partial charge in [0.2, 0.25) is 0 Å². The minimum Gasteiger partial charge on any atom is -0.459 e. The Kier molecular flexibility index (Phi) is 6.23. The third-order valence-corrected chi connectivity index (χ3v) is 3.35. The number of benzene rings is 1. The Hall–Kier alpha value is -2.50. The van der Waals surface area contributed by atoms with Gasteiger partial charge in [-0.3, -0.25) is 14.3 Å². The van der Waals surface area contributed by atoms with Crippen LogP contribution in [0, 0.1) is 11.7 Å². The third-order valence-electron chi connectivity index (χ3n) is 3.35. The van der Waals surface area contributed by atoms with Gasteiger partial charge in [-0.2, -0.15) is 5.10 Å². The second-order valence-corrected chi connectivity index (χ2v) is 6.01. The van der Waals surface area contributed by atoms with E-state index in [0.29, 0.717) is 17.2 Å². The van der Waals surface area contributed by atoms with Crippen LogP contribution in [0.4, 0.5) is 4.39 Å². The van der Waals surface area contributed by atoms with Gasteiger partial charge in [0.25, 0.3) is 0 Å². The summed E-state index contributed by atoms with van der Waals surface area (Å²) >= 11 is 0. The van der Waals surface area contributed by atoms with E-state index in [1.165, 1.54) is 24.3 Å². The van der Waals surface area contributed by atoms with Crippen molar-refractivity contribution in [2.45, 2.75) is 39.8 Å². The maximum atomic E-state index is 12.8. The Labute approximate surface area is 140 Å². The number of hydrogen-bond acceptors (Lipinski definition) is 4. The van der Waals surface area contributed by atoms with Crippen molar-refractivity contribution < 1.29 is 18.7 Å². The van der Waals surface area contributed by atoms with Crippen LogP contribution in [-0.4, -0.2) is 21.5 Å². The summed E-state index contributed by atoms with van der Waals surface area (Å²) in [6, 6.07) is 7.06. The van der Waals surface area contributed by atoms with Gasteiger partial charge in [0, 0.05) is 24.7 Å². The van der Waals surface area contributed by atoms with Gasteiger partial charge in [-0.05, 0) is 36.2 Å². The van der Waals surface area contributed by atoms with Crippen LogP contribution >= 0.6 is 0 Å². The van der Waals surface area contributed by atoms with Crippen molar-refractivity contribution in [3.8, 4) is 0 Å². The van der Waals surface area contributed by atoms with Gasteiger partial charge in [-0.25, -0.2) is 4.39 Å². The van der Waals surface area contributed by atoms with Crippen LogP contribution in [0.1, 0.15) is 42.7 Å². The summed E-state index contributed by atoms with van der Waals surface area (Å²) in [4.78, 5) is 23.6. The Bertz CT molecular complexity index is 693. The second kappa shape index (κ2) is 8.38. The molecule has 24 heavy (non-hydrogen) atoms. The van der Waals surface area contributed by atoms with Gasteiger partial charge in [-0.1, -0.05) is 13.8 Å². The van der Waals surface area contributed by atoms with E-state index in [1.54, 1.807) is 6.07 Å². The predicted octanol–water partition coefficient (Wildman–Crippen LogP) is 3.38. The molecule has 128 valence electrons. The number of aromatic nitrogens is 2. The van der Waals surface area contributed by atoms with Crippen molar-refractivity contribution in [1.82, 2.24) is 9.78 Å². The lowest BCUT2D eigenvalue weighted by molar-refractivity contribution is -0.145. The van der Waals surface area contributed by atoms with Crippen LogP contribution in [0.2, 0.25) is 0 Å². The van der Waals surface area contributed by atoms with Gasteiger partial charge in [-0.15, -0.1) is 0 Å². The summed E-state index contributed by atoms with van der Waals surface area (Å²) < 4.78 is 19.7. The quantitative estimate of drug-likeness (QED) is 0.549. The predicted molar refractivity (Wildman–Crippen MR) is 86.8 cm³/mol. The average molecular weight is 332 g/mol. The zero-order chi connectivity index (χ0) is 17.5. The SMILES string of the molecule is CC(C)Cn1ccc(COC(=O)CCC(=O)c2ccc(F)cc2)n1. The molecule has 0 saturated heterocycles. The van der Waals surface area contributed by atoms with Crippen LogP contribution in [0.15, 0.2) is 36.5 Å². The van der Waals surface area contributed by atoms with E-state index in [1.807, 2.05) is 10.9 Å². The fourth-order valence-corrected chi connectivity index (χ4v) is 2.18. The molecule has 6 heteroatoms. The molecule has 0 radical (unpaired) electrons. The van der Waals surface area contributed by atoms with Crippen LogP contribution in [0.3, 0.4) is 0 Å². The van der Waals surface area contributed by atoms with Gasteiger partial charge in [0.05, 0.1) is 12.1 Å². The summed E-state index contributed by atoms with van der Waals surface area (Å²) in [7, 11) is 0. The van der Waals surface area contributed by atoms with E-state index in [9.17, 15) is 14.0 Å². The number of nitrogens with zero attached hydrogens (tertiary/aromatic N) is 2. The maximum absolute atomic E-state index is 12.8. The Morgan fingerprint density at radius 2 is 1.88 bits per heavy atom.